The van der Waals surface area contributed by atoms with Crippen molar-refractivity contribution in [3.63, 3.8) is 0 Å². The van der Waals surface area contributed by atoms with Crippen LogP contribution in [0.4, 0.5) is 0 Å². The molecule has 1 aromatic heterocycles. The number of amides is 1. The molecule has 0 saturated carbocycles. The van der Waals surface area contributed by atoms with Crippen LogP contribution in [0.2, 0.25) is 0 Å². The molecule has 102 valence electrons. The Morgan fingerprint density at radius 2 is 2.10 bits per heavy atom. The highest BCUT2D eigenvalue weighted by atomic mass is 32.2. The third-order valence-electron chi connectivity index (χ3n) is 3.41. The lowest BCUT2D eigenvalue weighted by Crippen LogP contribution is -2.27. The minimum absolute atomic E-state index is 0.114. The fourth-order valence-electron chi connectivity index (χ4n) is 2.32. The number of pyridine rings is 1. The SMILES string of the molecule is Cc1ccc([C@@H]2SCC(=O)N2Cc2cccnc2)cc1. The number of carbonyl (C=O) groups is 1. The molecule has 0 unspecified atom stereocenters. The van der Waals surface area contributed by atoms with Gasteiger partial charge in [0.1, 0.15) is 5.37 Å². The summed E-state index contributed by atoms with van der Waals surface area (Å²) < 4.78 is 0. The van der Waals surface area contributed by atoms with Crippen molar-refractivity contribution in [3.05, 3.63) is 65.5 Å². The van der Waals surface area contributed by atoms with Gasteiger partial charge in [-0.1, -0.05) is 35.9 Å². The quantitative estimate of drug-likeness (QED) is 0.868. The Balaban J connectivity index is 1.83. The van der Waals surface area contributed by atoms with Crippen molar-refractivity contribution in [1.82, 2.24) is 9.88 Å². The largest absolute Gasteiger partial charge is 0.321 e. The van der Waals surface area contributed by atoms with Gasteiger partial charge in [0, 0.05) is 18.9 Å². The van der Waals surface area contributed by atoms with Gasteiger partial charge in [0.25, 0.3) is 0 Å². The number of benzene rings is 1. The van der Waals surface area contributed by atoms with E-state index in [1.165, 1.54) is 11.1 Å². The molecule has 1 amide bonds. The Kier molecular flexibility index (Phi) is 3.74. The zero-order valence-electron chi connectivity index (χ0n) is 11.3. The Labute approximate surface area is 123 Å². The molecular formula is C16H16N2OS. The molecule has 0 aliphatic carbocycles. The van der Waals surface area contributed by atoms with Crippen LogP contribution in [0.1, 0.15) is 22.1 Å². The lowest BCUT2D eigenvalue weighted by molar-refractivity contribution is -0.128. The minimum Gasteiger partial charge on any atom is -0.321 e. The summed E-state index contributed by atoms with van der Waals surface area (Å²) in [5.41, 5.74) is 3.50. The van der Waals surface area contributed by atoms with E-state index in [0.29, 0.717) is 12.3 Å². The molecule has 2 heterocycles. The summed E-state index contributed by atoms with van der Waals surface area (Å²) in [6.07, 6.45) is 3.57. The molecule has 3 rings (SSSR count). The number of aryl methyl sites for hydroxylation is 1. The van der Waals surface area contributed by atoms with Gasteiger partial charge >= 0.3 is 0 Å². The average molecular weight is 284 g/mol. The zero-order valence-corrected chi connectivity index (χ0v) is 12.1. The van der Waals surface area contributed by atoms with Gasteiger partial charge in [0.15, 0.2) is 0 Å². The van der Waals surface area contributed by atoms with Gasteiger partial charge in [0.05, 0.1) is 5.75 Å². The van der Waals surface area contributed by atoms with Crippen molar-refractivity contribution < 1.29 is 4.79 Å². The minimum atomic E-state index is 0.114. The van der Waals surface area contributed by atoms with Crippen molar-refractivity contribution in [1.29, 1.82) is 0 Å². The molecule has 0 bridgehead atoms. The molecule has 0 N–H and O–H groups in total. The molecule has 1 aliphatic rings. The molecule has 1 aliphatic heterocycles. The first kappa shape index (κ1) is 13.2. The van der Waals surface area contributed by atoms with Crippen molar-refractivity contribution in [2.75, 3.05) is 5.75 Å². The van der Waals surface area contributed by atoms with Crippen LogP contribution in [0.3, 0.4) is 0 Å². The van der Waals surface area contributed by atoms with Crippen molar-refractivity contribution in [2.24, 2.45) is 0 Å². The van der Waals surface area contributed by atoms with E-state index in [2.05, 4.69) is 36.2 Å². The van der Waals surface area contributed by atoms with Gasteiger partial charge in [-0.3, -0.25) is 9.78 Å². The molecule has 1 aromatic carbocycles. The maximum atomic E-state index is 12.1. The molecule has 1 atom stereocenters. The van der Waals surface area contributed by atoms with Gasteiger partial charge < -0.3 is 4.90 Å². The van der Waals surface area contributed by atoms with Crippen LogP contribution in [0, 0.1) is 6.92 Å². The van der Waals surface area contributed by atoms with Gasteiger partial charge in [-0.05, 0) is 24.1 Å². The summed E-state index contributed by atoms with van der Waals surface area (Å²) in [5, 5.41) is 0.114. The molecule has 4 heteroatoms. The van der Waals surface area contributed by atoms with Crippen LogP contribution in [0.5, 0.6) is 0 Å². The number of carbonyl (C=O) groups excluding carboxylic acids is 1. The summed E-state index contributed by atoms with van der Waals surface area (Å²) in [6.45, 7) is 2.70. The Morgan fingerprint density at radius 3 is 2.80 bits per heavy atom. The maximum Gasteiger partial charge on any atom is 0.234 e. The molecule has 0 spiro atoms. The second kappa shape index (κ2) is 5.67. The van der Waals surface area contributed by atoms with Gasteiger partial charge in [-0.2, -0.15) is 0 Å². The van der Waals surface area contributed by atoms with E-state index < -0.39 is 0 Å². The van der Waals surface area contributed by atoms with E-state index in [-0.39, 0.29) is 11.3 Å². The van der Waals surface area contributed by atoms with Gasteiger partial charge in [0.2, 0.25) is 5.91 Å². The number of rotatable bonds is 3. The zero-order chi connectivity index (χ0) is 13.9. The number of thioether (sulfide) groups is 1. The molecule has 0 radical (unpaired) electrons. The summed E-state index contributed by atoms with van der Waals surface area (Å²) in [6, 6.07) is 12.3. The third kappa shape index (κ3) is 2.70. The number of aromatic nitrogens is 1. The predicted molar refractivity (Wildman–Crippen MR) is 81.2 cm³/mol. The number of hydrogen-bond donors (Lipinski definition) is 0. The number of nitrogens with zero attached hydrogens (tertiary/aromatic N) is 2. The third-order valence-corrected chi connectivity index (χ3v) is 4.66. The van der Waals surface area contributed by atoms with E-state index in [1.54, 1.807) is 18.0 Å². The Hall–Kier alpha value is -1.81. The standard InChI is InChI=1S/C16H16N2OS/c1-12-4-6-14(7-5-12)16-18(15(19)11-20-16)10-13-3-2-8-17-9-13/h2-9,16H,10-11H2,1H3/t16-/m0/s1. The second-order valence-electron chi connectivity index (χ2n) is 4.96. The Bertz CT molecular complexity index is 598. The fourth-order valence-corrected chi connectivity index (χ4v) is 3.51. The van der Waals surface area contributed by atoms with E-state index in [0.717, 1.165) is 5.56 Å². The summed E-state index contributed by atoms with van der Waals surface area (Å²) >= 11 is 1.69. The lowest BCUT2D eigenvalue weighted by atomic mass is 10.1. The van der Waals surface area contributed by atoms with Crippen molar-refractivity contribution in [3.8, 4) is 0 Å². The molecule has 20 heavy (non-hydrogen) atoms. The normalized spacial score (nSPS) is 18.6. The summed E-state index contributed by atoms with van der Waals surface area (Å²) in [5.74, 6) is 0.753. The number of hydrogen-bond acceptors (Lipinski definition) is 3. The van der Waals surface area contributed by atoms with E-state index >= 15 is 0 Å². The van der Waals surface area contributed by atoms with E-state index in [9.17, 15) is 4.79 Å². The summed E-state index contributed by atoms with van der Waals surface area (Å²) in [4.78, 5) is 18.2. The highest BCUT2D eigenvalue weighted by Gasteiger charge is 2.32. The fraction of sp³-hybridized carbons (Fsp3) is 0.250. The molecule has 2 aromatic rings. The van der Waals surface area contributed by atoms with Gasteiger partial charge in [-0.15, -0.1) is 11.8 Å². The lowest BCUT2D eigenvalue weighted by Gasteiger charge is -2.24. The first-order valence-corrected chi connectivity index (χ1v) is 7.65. The van der Waals surface area contributed by atoms with E-state index in [1.807, 2.05) is 23.2 Å². The van der Waals surface area contributed by atoms with Gasteiger partial charge in [-0.25, -0.2) is 0 Å². The highest BCUT2D eigenvalue weighted by Crippen LogP contribution is 2.39. The van der Waals surface area contributed by atoms with Crippen LogP contribution in [0.15, 0.2) is 48.8 Å². The van der Waals surface area contributed by atoms with Crippen molar-refractivity contribution in [2.45, 2.75) is 18.8 Å². The first-order valence-electron chi connectivity index (χ1n) is 6.60. The second-order valence-corrected chi connectivity index (χ2v) is 6.03. The van der Waals surface area contributed by atoms with Crippen LogP contribution in [-0.2, 0) is 11.3 Å². The van der Waals surface area contributed by atoms with Crippen LogP contribution in [-0.4, -0.2) is 21.5 Å². The molecule has 1 saturated heterocycles. The highest BCUT2D eigenvalue weighted by molar-refractivity contribution is 8.00. The first-order chi connectivity index (χ1) is 9.74. The maximum absolute atomic E-state index is 12.1. The predicted octanol–water partition coefficient (Wildman–Crippen LogP) is 3.16. The molecule has 3 nitrogen and oxygen atoms in total. The van der Waals surface area contributed by atoms with Crippen LogP contribution >= 0.6 is 11.8 Å². The summed E-state index contributed by atoms with van der Waals surface area (Å²) in [7, 11) is 0. The van der Waals surface area contributed by atoms with E-state index in [4.69, 9.17) is 0 Å². The van der Waals surface area contributed by atoms with Crippen LogP contribution in [0.25, 0.3) is 0 Å². The topological polar surface area (TPSA) is 33.2 Å². The van der Waals surface area contributed by atoms with Crippen molar-refractivity contribution >= 4 is 17.7 Å². The molecular weight excluding hydrogens is 268 g/mol. The monoisotopic (exact) mass is 284 g/mol. The molecule has 1 fully saturated rings. The van der Waals surface area contributed by atoms with Crippen LogP contribution < -0.4 is 0 Å². The average Bonchev–Trinajstić information content (AvgIpc) is 2.83. The Morgan fingerprint density at radius 1 is 1.30 bits per heavy atom. The smallest absolute Gasteiger partial charge is 0.234 e.